The second kappa shape index (κ2) is 6.05. The Morgan fingerprint density at radius 2 is 2.25 bits per heavy atom. The van der Waals surface area contributed by atoms with Gasteiger partial charge in [0.1, 0.15) is 5.15 Å². The maximum Gasteiger partial charge on any atom is 0.341 e. The Morgan fingerprint density at radius 1 is 1.40 bits per heavy atom. The molecule has 1 aliphatic heterocycles. The number of carbonyl (C=O) groups excluding carboxylic acids is 1. The van der Waals surface area contributed by atoms with Crippen LogP contribution in [0, 0.1) is 5.92 Å². The molecule has 3 unspecified atom stereocenters. The number of hydrazine groups is 2. The number of aromatic nitrogens is 1. The van der Waals surface area contributed by atoms with Crippen molar-refractivity contribution in [3.8, 4) is 0 Å². The number of ether oxygens (including phenoxy) is 1. The van der Waals surface area contributed by atoms with Crippen molar-refractivity contribution < 1.29 is 9.53 Å². The highest BCUT2D eigenvalue weighted by Gasteiger charge is 2.34. The van der Waals surface area contributed by atoms with Crippen LogP contribution < -0.4 is 16.4 Å². The Morgan fingerprint density at radius 3 is 3.10 bits per heavy atom. The van der Waals surface area contributed by atoms with E-state index in [0.29, 0.717) is 30.2 Å². The van der Waals surface area contributed by atoms with Gasteiger partial charge in [-0.05, 0) is 37.3 Å². The number of nitrogens with one attached hydrogen (secondary N) is 3. The summed E-state index contributed by atoms with van der Waals surface area (Å²) in [7, 11) is 0. The third kappa shape index (κ3) is 2.93. The summed E-state index contributed by atoms with van der Waals surface area (Å²) in [5, 5.41) is 0.187. The van der Waals surface area contributed by atoms with E-state index < -0.39 is 5.97 Å². The molecule has 1 aromatic rings. The standard InChI is InChI=1S/C13H17ClN4O2/c14-12-9(2-1-5-15-12)13(19)20-7-8-3-4-10-11(6-8)17-18-16-10/h1-2,5,8,10-11,16-18H,3-4,6-7H2. The molecule has 1 aliphatic carbocycles. The van der Waals surface area contributed by atoms with Gasteiger partial charge in [0.25, 0.3) is 0 Å². The average Bonchev–Trinajstić information content (AvgIpc) is 2.92. The van der Waals surface area contributed by atoms with Gasteiger partial charge in [-0.1, -0.05) is 11.6 Å². The molecule has 3 rings (SSSR count). The number of hydrogen-bond acceptors (Lipinski definition) is 6. The fourth-order valence-electron chi connectivity index (χ4n) is 2.78. The minimum atomic E-state index is -0.402. The summed E-state index contributed by atoms with van der Waals surface area (Å²) in [6.45, 7) is 0.426. The summed E-state index contributed by atoms with van der Waals surface area (Å²) in [5.41, 5.74) is 9.64. The zero-order valence-corrected chi connectivity index (χ0v) is 11.7. The molecule has 2 heterocycles. The molecule has 108 valence electrons. The number of esters is 1. The molecule has 2 fully saturated rings. The molecular formula is C13H17ClN4O2. The van der Waals surface area contributed by atoms with E-state index in [0.717, 1.165) is 19.3 Å². The Hall–Kier alpha value is -1.21. The highest BCUT2D eigenvalue weighted by atomic mass is 35.5. The lowest BCUT2D eigenvalue weighted by molar-refractivity contribution is 0.0395. The van der Waals surface area contributed by atoms with Crippen molar-refractivity contribution in [1.82, 2.24) is 21.4 Å². The van der Waals surface area contributed by atoms with Crippen LogP contribution in [0.15, 0.2) is 18.3 Å². The van der Waals surface area contributed by atoms with E-state index in [1.807, 2.05) is 0 Å². The van der Waals surface area contributed by atoms with E-state index in [1.165, 1.54) is 0 Å². The predicted octanol–water partition coefficient (Wildman–Crippen LogP) is 1.04. The van der Waals surface area contributed by atoms with Crippen LogP contribution in [0.1, 0.15) is 29.6 Å². The molecule has 7 heteroatoms. The van der Waals surface area contributed by atoms with Crippen molar-refractivity contribution in [2.24, 2.45) is 5.92 Å². The number of carbonyl (C=O) groups is 1. The molecule has 3 N–H and O–H groups in total. The molecule has 1 aromatic heterocycles. The lowest BCUT2D eigenvalue weighted by Gasteiger charge is -2.29. The number of fused-ring (bicyclic) bond motifs is 1. The summed E-state index contributed by atoms with van der Waals surface area (Å²) in [5.74, 6) is -0.0225. The summed E-state index contributed by atoms with van der Waals surface area (Å²) < 4.78 is 5.36. The van der Waals surface area contributed by atoms with Gasteiger partial charge in [0.05, 0.1) is 12.2 Å². The van der Waals surface area contributed by atoms with E-state index in [4.69, 9.17) is 16.3 Å². The summed E-state index contributed by atoms with van der Waals surface area (Å²) in [6, 6.07) is 4.16. The van der Waals surface area contributed by atoms with E-state index in [-0.39, 0.29) is 5.15 Å². The smallest absolute Gasteiger partial charge is 0.341 e. The Balaban J connectivity index is 1.52. The van der Waals surface area contributed by atoms with E-state index >= 15 is 0 Å². The molecule has 0 bridgehead atoms. The Bertz CT molecular complexity index is 499. The number of nitrogens with zero attached hydrogens (tertiary/aromatic N) is 1. The third-order valence-corrected chi connectivity index (χ3v) is 4.20. The van der Waals surface area contributed by atoms with E-state index in [1.54, 1.807) is 18.3 Å². The Kier molecular flexibility index (Phi) is 4.16. The van der Waals surface area contributed by atoms with Gasteiger partial charge in [-0.2, -0.15) is 5.53 Å². The minimum absolute atomic E-state index is 0.187. The molecule has 0 aromatic carbocycles. The molecule has 6 nitrogen and oxygen atoms in total. The van der Waals surface area contributed by atoms with Crippen LogP contribution in [0.2, 0.25) is 5.15 Å². The second-order valence-electron chi connectivity index (χ2n) is 5.25. The lowest BCUT2D eigenvalue weighted by Crippen LogP contribution is -2.40. The van der Waals surface area contributed by atoms with Gasteiger partial charge in [0.2, 0.25) is 0 Å². The average molecular weight is 297 g/mol. The first kappa shape index (κ1) is 13.8. The van der Waals surface area contributed by atoms with Gasteiger partial charge in [-0.3, -0.25) is 0 Å². The third-order valence-electron chi connectivity index (χ3n) is 3.90. The normalized spacial score (nSPS) is 28.9. The SMILES string of the molecule is O=C(OCC1CCC2NNNC2C1)c1cccnc1Cl. The minimum Gasteiger partial charge on any atom is -0.462 e. The Labute approximate surface area is 122 Å². The van der Waals surface area contributed by atoms with Crippen LogP contribution in [0.5, 0.6) is 0 Å². The zero-order valence-electron chi connectivity index (χ0n) is 10.9. The number of halogens is 1. The molecule has 3 atom stereocenters. The number of pyridine rings is 1. The van der Waals surface area contributed by atoms with Gasteiger partial charge < -0.3 is 4.74 Å². The fraction of sp³-hybridized carbons (Fsp3) is 0.538. The molecule has 0 amide bonds. The van der Waals surface area contributed by atoms with Gasteiger partial charge >= 0.3 is 5.97 Å². The van der Waals surface area contributed by atoms with Crippen LogP contribution in [-0.2, 0) is 4.74 Å². The van der Waals surface area contributed by atoms with Gasteiger partial charge in [-0.25, -0.2) is 20.6 Å². The molecule has 20 heavy (non-hydrogen) atoms. The largest absolute Gasteiger partial charge is 0.462 e. The van der Waals surface area contributed by atoms with E-state index in [9.17, 15) is 4.79 Å². The summed E-state index contributed by atoms with van der Waals surface area (Å²) >= 11 is 5.88. The first-order chi connectivity index (χ1) is 9.74. The molecule has 0 radical (unpaired) electrons. The predicted molar refractivity (Wildman–Crippen MR) is 73.9 cm³/mol. The maximum absolute atomic E-state index is 11.9. The fourth-order valence-corrected chi connectivity index (χ4v) is 2.97. The van der Waals surface area contributed by atoms with Crippen molar-refractivity contribution >= 4 is 17.6 Å². The maximum atomic E-state index is 11.9. The molecule has 2 aliphatic rings. The van der Waals surface area contributed by atoms with Crippen molar-refractivity contribution in [1.29, 1.82) is 0 Å². The first-order valence-electron chi connectivity index (χ1n) is 6.77. The molecular weight excluding hydrogens is 280 g/mol. The van der Waals surface area contributed by atoms with Crippen LogP contribution in [0.25, 0.3) is 0 Å². The van der Waals surface area contributed by atoms with Crippen molar-refractivity contribution in [3.05, 3.63) is 29.0 Å². The van der Waals surface area contributed by atoms with Crippen molar-refractivity contribution in [3.63, 3.8) is 0 Å². The van der Waals surface area contributed by atoms with Gasteiger partial charge in [0.15, 0.2) is 0 Å². The molecule has 0 spiro atoms. The monoisotopic (exact) mass is 296 g/mol. The number of rotatable bonds is 3. The van der Waals surface area contributed by atoms with E-state index in [2.05, 4.69) is 21.4 Å². The van der Waals surface area contributed by atoms with Gasteiger partial charge in [-0.15, -0.1) is 0 Å². The van der Waals surface area contributed by atoms with Crippen molar-refractivity contribution in [2.45, 2.75) is 31.3 Å². The topological polar surface area (TPSA) is 75.3 Å². The molecule has 1 saturated carbocycles. The highest BCUT2D eigenvalue weighted by Crippen LogP contribution is 2.26. The van der Waals surface area contributed by atoms with Crippen LogP contribution >= 0.6 is 11.6 Å². The summed E-state index contributed by atoms with van der Waals surface area (Å²) in [4.78, 5) is 15.8. The van der Waals surface area contributed by atoms with Crippen LogP contribution in [0.3, 0.4) is 0 Å². The van der Waals surface area contributed by atoms with Crippen LogP contribution in [-0.4, -0.2) is 29.6 Å². The zero-order chi connectivity index (χ0) is 13.9. The van der Waals surface area contributed by atoms with Crippen molar-refractivity contribution in [2.75, 3.05) is 6.61 Å². The second-order valence-corrected chi connectivity index (χ2v) is 5.60. The van der Waals surface area contributed by atoms with Gasteiger partial charge in [0, 0.05) is 18.3 Å². The quantitative estimate of drug-likeness (QED) is 0.572. The highest BCUT2D eigenvalue weighted by molar-refractivity contribution is 6.32. The molecule has 1 saturated heterocycles. The lowest BCUT2D eigenvalue weighted by atomic mass is 9.83. The van der Waals surface area contributed by atoms with Crippen LogP contribution in [0.4, 0.5) is 0 Å². The first-order valence-corrected chi connectivity index (χ1v) is 7.15. The number of hydrogen-bond donors (Lipinski definition) is 3. The summed E-state index contributed by atoms with van der Waals surface area (Å²) in [6.07, 6.45) is 4.65.